The van der Waals surface area contributed by atoms with Gasteiger partial charge < -0.3 is 10.5 Å². The molecule has 0 radical (unpaired) electrons. The molecule has 0 aliphatic carbocycles. The molecule has 1 aliphatic rings. The molecule has 2 aromatic rings. The van der Waals surface area contributed by atoms with Gasteiger partial charge in [-0.1, -0.05) is 11.6 Å². The van der Waals surface area contributed by atoms with Crippen LogP contribution in [0.3, 0.4) is 0 Å². The molecular formula is C14H21N7O3. The number of hydrogen-bond donors (Lipinski definition) is 1. The van der Waals surface area contributed by atoms with Gasteiger partial charge >= 0.3 is 5.97 Å². The van der Waals surface area contributed by atoms with Gasteiger partial charge in [-0.2, -0.15) is 4.68 Å². The van der Waals surface area contributed by atoms with E-state index < -0.39 is 5.97 Å². The number of nitrogens with zero attached hydrogens (tertiary/aromatic N) is 6. The Labute approximate surface area is 138 Å². The summed E-state index contributed by atoms with van der Waals surface area (Å²) < 4.78 is 11.1. The highest BCUT2D eigenvalue weighted by molar-refractivity contribution is 5.88. The topological polar surface area (TPSA) is 125 Å². The van der Waals surface area contributed by atoms with Gasteiger partial charge in [-0.3, -0.25) is 4.90 Å². The lowest BCUT2D eigenvalue weighted by molar-refractivity contribution is 0.0515. The molecular weight excluding hydrogens is 314 g/mol. The lowest BCUT2D eigenvalue weighted by atomic mass is 10.0. The van der Waals surface area contributed by atoms with Gasteiger partial charge in [0.05, 0.1) is 12.3 Å². The third-order valence-corrected chi connectivity index (χ3v) is 4.22. The molecule has 1 saturated heterocycles. The Balaban J connectivity index is 1.97. The minimum absolute atomic E-state index is 0.0863. The maximum absolute atomic E-state index is 12.2. The predicted octanol–water partition coefficient (Wildman–Crippen LogP) is 0.784. The van der Waals surface area contributed by atoms with Crippen LogP contribution in [0.2, 0.25) is 0 Å². The average Bonchev–Trinajstić information content (AvgIpc) is 3.16. The predicted molar refractivity (Wildman–Crippen MR) is 83.3 cm³/mol. The lowest BCUT2D eigenvalue weighted by Gasteiger charge is -2.33. The molecule has 1 atom stereocenters. The number of nitrogen functional groups attached to an aromatic ring is 1. The molecule has 1 aliphatic heterocycles. The Morgan fingerprint density at radius 2 is 2.25 bits per heavy atom. The van der Waals surface area contributed by atoms with Crippen LogP contribution in [0.15, 0.2) is 4.63 Å². The van der Waals surface area contributed by atoms with Crippen LogP contribution in [0.25, 0.3) is 5.82 Å². The molecule has 130 valence electrons. The number of rotatable bonds is 5. The zero-order chi connectivity index (χ0) is 17.1. The van der Waals surface area contributed by atoms with Gasteiger partial charge in [-0.25, -0.2) is 9.42 Å². The first-order valence-electron chi connectivity index (χ1n) is 8.06. The molecule has 2 N–H and O–H groups in total. The van der Waals surface area contributed by atoms with E-state index in [1.807, 2.05) is 0 Å². The third-order valence-electron chi connectivity index (χ3n) is 4.22. The number of piperidine rings is 1. The van der Waals surface area contributed by atoms with Crippen LogP contribution in [0.1, 0.15) is 49.3 Å². The zero-order valence-electron chi connectivity index (χ0n) is 13.8. The van der Waals surface area contributed by atoms with Crippen molar-refractivity contribution in [2.45, 2.75) is 45.7 Å². The normalized spacial score (nSPS) is 18.7. The zero-order valence-corrected chi connectivity index (χ0v) is 13.8. The van der Waals surface area contributed by atoms with Crippen molar-refractivity contribution in [2.75, 3.05) is 18.9 Å². The average molecular weight is 335 g/mol. The van der Waals surface area contributed by atoms with Crippen molar-refractivity contribution in [3.63, 3.8) is 0 Å². The van der Waals surface area contributed by atoms with Crippen LogP contribution in [0.5, 0.6) is 0 Å². The second kappa shape index (κ2) is 6.95. The molecule has 1 fully saturated rings. The SMILES string of the molecule is CCOC(=O)c1nnn(-c2nonc2N)c1CN1CCCC[C@@H]1C. The van der Waals surface area contributed by atoms with Crippen LogP contribution < -0.4 is 5.73 Å². The lowest BCUT2D eigenvalue weighted by Crippen LogP contribution is -2.37. The standard InChI is InChI=1S/C14H21N7O3/c1-3-23-14(22)11-10(8-20-7-5-4-6-9(20)2)21(19-16-11)13-12(15)17-24-18-13/h9H,3-8H2,1-2H3,(H2,15,17)/t9-/m0/s1. The highest BCUT2D eigenvalue weighted by Crippen LogP contribution is 2.23. The Morgan fingerprint density at radius 1 is 1.42 bits per heavy atom. The van der Waals surface area contributed by atoms with Crippen molar-refractivity contribution in [3.05, 3.63) is 11.4 Å². The highest BCUT2D eigenvalue weighted by Gasteiger charge is 2.28. The van der Waals surface area contributed by atoms with E-state index in [2.05, 4.69) is 37.1 Å². The summed E-state index contributed by atoms with van der Waals surface area (Å²) in [5.74, 6) is -0.209. The number of anilines is 1. The van der Waals surface area contributed by atoms with E-state index in [0.717, 1.165) is 19.4 Å². The van der Waals surface area contributed by atoms with Gasteiger partial charge in [-0.05, 0) is 43.5 Å². The van der Waals surface area contributed by atoms with Crippen molar-refractivity contribution < 1.29 is 14.2 Å². The van der Waals surface area contributed by atoms with Crippen LogP contribution >= 0.6 is 0 Å². The number of esters is 1. The second-order valence-electron chi connectivity index (χ2n) is 5.81. The fourth-order valence-corrected chi connectivity index (χ4v) is 2.89. The van der Waals surface area contributed by atoms with Gasteiger partial charge in [-0.15, -0.1) is 5.10 Å². The summed E-state index contributed by atoms with van der Waals surface area (Å²) in [4.78, 5) is 14.5. The molecule has 0 amide bonds. The summed E-state index contributed by atoms with van der Waals surface area (Å²) in [6, 6.07) is 0.407. The van der Waals surface area contributed by atoms with Gasteiger partial charge in [0.25, 0.3) is 0 Å². The molecule has 0 bridgehead atoms. The molecule has 0 unspecified atom stereocenters. The Morgan fingerprint density at radius 3 is 2.92 bits per heavy atom. The van der Waals surface area contributed by atoms with Crippen molar-refractivity contribution in [1.29, 1.82) is 0 Å². The summed E-state index contributed by atoms with van der Waals surface area (Å²) in [7, 11) is 0. The van der Waals surface area contributed by atoms with Gasteiger partial charge in [0.15, 0.2) is 5.69 Å². The van der Waals surface area contributed by atoms with Crippen LogP contribution in [0, 0.1) is 0 Å². The fourth-order valence-electron chi connectivity index (χ4n) is 2.89. The first-order valence-corrected chi connectivity index (χ1v) is 8.06. The molecule has 10 nitrogen and oxygen atoms in total. The summed E-state index contributed by atoms with van der Waals surface area (Å²) in [5, 5.41) is 15.3. The van der Waals surface area contributed by atoms with Gasteiger partial charge in [0.2, 0.25) is 11.6 Å². The van der Waals surface area contributed by atoms with E-state index in [1.165, 1.54) is 11.1 Å². The van der Waals surface area contributed by atoms with E-state index in [4.69, 9.17) is 10.5 Å². The Bertz CT molecular complexity index is 711. The molecule has 0 aromatic carbocycles. The van der Waals surface area contributed by atoms with E-state index in [0.29, 0.717) is 18.3 Å². The maximum Gasteiger partial charge on any atom is 0.360 e. The van der Waals surface area contributed by atoms with Crippen molar-refractivity contribution in [3.8, 4) is 5.82 Å². The molecule has 0 spiro atoms. The molecule has 3 rings (SSSR count). The maximum atomic E-state index is 12.2. The summed E-state index contributed by atoms with van der Waals surface area (Å²) in [5.41, 5.74) is 6.50. The number of ether oxygens (including phenoxy) is 1. The number of aromatic nitrogens is 5. The van der Waals surface area contributed by atoms with E-state index in [9.17, 15) is 4.79 Å². The minimum Gasteiger partial charge on any atom is -0.461 e. The highest BCUT2D eigenvalue weighted by atomic mass is 16.6. The van der Waals surface area contributed by atoms with Gasteiger partial charge in [0.1, 0.15) is 0 Å². The summed E-state index contributed by atoms with van der Waals surface area (Å²) in [6.07, 6.45) is 3.44. The van der Waals surface area contributed by atoms with Crippen LogP contribution in [-0.2, 0) is 11.3 Å². The van der Waals surface area contributed by atoms with Crippen LogP contribution in [-0.4, -0.2) is 55.4 Å². The fraction of sp³-hybridized carbons (Fsp3) is 0.643. The first-order chi connectivity index (χ1) is 11.6. The van der Waals surface area contributed by atoms with E-state index in [-0.39, 0.29) is 23.9 Å². The molecule has 2 aromatic heterocycles. The Hall–Kier alpha value is -2.49. The number of hydrogen-bond acceptors (Lipinski definition) is 9. The van der Waals surface area contributed by atoms with Gasteiger partial charge in [0, 0.05) is 12.6 Å². The number of likely N-dealkylation sites (tertiary alicyclic amines) is 1. The number of nitrogens with two attached hydrogens (primary N) is 1. The number of carbonyl (C=O) groups is 1. The smallest absolute Gasteiger partial charge is 0.360 e. The van der Waals surface area contributed by atoms with Crippen LogP contribution in [0.4, 0.5) is 5.82 Å². The van der Waals surface area contributed by atoms with Crippen molar-refractivity contribution >= 4 is 11.8 Å². The second-order valence-corrected chi connectivity index (χ2v) is 5.81. The molecule has 0 saturated carbocycles. The van der Waals surface area contributed by atoms with E-state index >= 15 is 0 Å². The van der Waals surface area contributed by atoms with E-state index in [1.54, 1.807) is 6.92 Å². The molecule has 10 heteroatoms. The monoisotopic (exact) mass is 335 g/mol. The summed E-state index contributed by atoms with van der Waals surface area (Å²) in [6.45, 7) is 5.62. The van der Waals surface area contributed by atoms with Crippen molar-refractivity contribution in [1.82, 2.24) is 30.2 Å². The molecule has 3 heterocycles. The first kappa shape index (κ1) is 16.4. The third kappa shape index (κ3) is 3.09. The van der Waals surface area contributed by atoms with Crippen molar-refractivity contribution in [2.24, 2.45) is 0 Å². The summed E-state index contributed by atoms with van der Waals surface area (Å²) >= 11 is 0. The molecule has 24 heavy (non-hydrogen) atoms. The largest absolute Gasteiger partial charge is 0.461 e. The number of carbonyl (C=O) groups excluding carboxylic acids is 1. The quantitative estimate of drug-likeness (QED) is 0.789. The minimum atomic E-state index is -0.515. The Kier molecular flexibility index (Phi) is 4.74.